The van der Waals surface area contributed by atoms with E-state index in [1.165, 1.54) is 6.33 Å². The van der Waals surface area contributed by atoms with Gasteiger partial charge >= 0.3 is 0 Å². The summed E-state index contributed by atoms with van der Waals surface area (Å²) in [5.41, 5.74) is 4.50. The number of aryl methyl sites for hydroxylation is 1. The number of hydrogen-bond donors (Lipinski definition) is 1. The molecule has 2 aromatic heterocycles. The summed E-state index contributed by atoms with van der Waals surface area (Å²) in [6, 6.07) is 18.1. The lowest BCUT2D eigenvalue weighted by atomic mass is 10.1. The zero-order valence-electron chi connectivity index (χ0n) is 20.3. The predicted molar refractivity (Wildman–Crippen MR) is 135 cm³/mol. The molecule has 1 atom stereocenters. The van der Waals surface area contributed by atoms with Gasteiger partial charge in [-0.3, -0.25) is 9.59 Å². The summed E-state index contributed by atoms with van der Waals surface area (Å²) in [7, 11) is 0. The van der Waals surface area contributed by atoms with E-state index < -0.39 is 5.92 Å². The number of nitrogens with zero attached hydrogens (tertiary/aromatic N) is 5. The summed E-state index contributed by atoms with van der Waals surface area (Å²) in [5.74, 6) is 0.918. The molecule has 1 N–H and O–H groups in total. The van der Waals surface area contributed by atoms with Gasteiger partial charge in [-0.05, 0) is 62.7 Å². The second-order valence-corrected chi connectivity index (χ2v) is 8.78. The van der Waals surface area contributed by atoms with Crippen LogP contribution in [0.1, 0.15) is 23.4 Å². The number of nitrogens with one attached hydrogen (secondary N) is 1. The number of benzene rings is 2. The predicted octanol–water partition coefficient (Wildman–Crippen LogP) is 4.37. The zero-order valence-corrected chi connectivity index (χ0v) is 20.3. The Bertz CT molecular complexity index is 1420. The maximum Gasteiger partial charge on any atom is 0.229 e. The average molecular weight is 483 g/mol. The van der Waals surface area contributed by atoms with E-state index in [1.54, 1.807) is 39.9 Å². The van der Waals surface area contributed by atoms with Crippen LogP contribution < -0.4 is 15.0 Å². The second kappa shape index (κ2) is 9.61. The van der Waals surface area contributed by atoms with Gasteiger partial charge in [0.2, 0.25) is 17.7 Å². The number of para-hydroxylation sites is 1. The Kier molecular flexibility index (Phi) is 6.20. The molecule has 0 aliphatic carbocycles. The van der Waals surface area contributed by atoms with Crippen molar-refractivity contribution in [2.75, 3.05) is 16.8 Å². The molecule has 36 heavy (non-hydrogen) atoms. The third kappa shape index (κ3) is 4.68. The van der Waals surface area contributed by atoms with Crippen molar-refractivity contribution in [3.05, 3.63) is 83.9 Å². The molecule has 0 spiro atoms. The maximum atomic E-state index is 12.8. The lowest BCUT2D eigenvalue weighted by Gasteiger charge is -2.16. The van der Waals surface area contributed by atoms with Gasteiger partial charge in [0, 0.05) is 36.1 Å². The SMILES string of the molecule is Cc1nn(-c2cc(Oc3ccc(NC(=O)C4CC(=O)N(c5ccccc5)C4)cc3)ncn2)c(C)c1C. The van der Waals surface area contributed by atoms with Crippen LogP contribution in [0.15, 0.2) is 67.0 Å². The van der Waals surface area contributed by atoms with Crippen LogP contribution in [0.25, 0.3) is 5.82 Å². The molecule has 0 saturated carbocycles. The molecule has 1 aliphatic rings. The lowest BCUT2D eigenvalue weighted by molar-refractivity contribution is -0.122. The largest absolute Gasteiger partial charge is 0.439 e. The third-order valence-corrected chi connectivity index (χ3v) is 6.41. The molecule has 2 aromatic carbocycles. The fraction of sp³-hybridized carbons (Fsp3) is 0.222. The number of amides is 2. The summed E-state index contributed by atoms with van der Waals surface area (Å²) in [5, 5.41) is 7.43. The Balaban J connectivity index is 1.22. The molecule has 1 aliphatic heterocycles. The first-order valence-electron chi connectivity index (χ1n) is 11.7. The molecule has 2 amide bonds. The highest BCUT2D eigenvalue weighted by atomic mass is 16.5. The normalized spacial score (nSPS) is 15.2. The van der Waals surface area contributed by atoms with E-state index in [4.69, 9.17) is 4.74 Å². The number of hydrogen-bond acceptors (Lipinski definition) is 6. The first kappa shape index (κ1) is 23.2. The van der Waals surface area contributed by atoms with Crippen LogP contribution in [0.3, 0.4) is 0 Å². The molecule has 3 heterocycles. The lowest BCUT2D eigenvalue weighted by Crippen LogP contribution is -2.28. The highest BCUT2D eigenvalue weighted by molar-refractivity contribution is 6.03. The summed E-state index contributed by atoms with van der Waals surface area (Å²) < 4.78 is 7.67. The van der Waals surface area contributed by atoms with E-state index in [0.29, 0.717) is 29.7 Å². The molecule has 1 fully saturated rings. The summed E-state index contributed by atoms with van der Waals surface area (Å²) >= 11 is 0. The Hall–Kier alpha value is -4.53. The van der Waals surface area contributed by atoms with Gasteiger partial charge in [-0.2, -0.15) is 5.10 Å². The van der Waals surface area contributed by atoms with Crippen LogP contribution in [0, 0.1) is 26.7 Å². The van der Waals surface area contributed by atoms with E-state index >= 15 is 0 Å². The summed E-state index contributed by atoms with van der Waals surface area (Å²) in [6.07, 6.45) is 1.62. The van der Waals surface area contributed by atoms with Crippen LogP contribution >= 0.6 is 0 Å². The van der Waals surface area contributed by atoms with Crippen LogP contribution in [0.5, 0.6) is 11.6 Å². The number of anilines is 2. The van der Waals surface area contributed by atoms with Crippen molar-refractivity contribution in [3.8, 4) is 17.4 Å². The minimum atomic E-state index is -0.411. The third-order valence-electron chi connectivity index (χ3n) is 6.41. The van der Waals surface area contributed by atoms with Crippen molar-refractivity contribution in [1.82, 2.24) is 19.7 Å². The van der Waals surface area contributed by atoms with Gasteiger partial charge < -0.3 is 15.0 Å². The fourth-order valence-corrected chi connectivity index (χ4v) is 4.16. The van der Waals surface area contributed by atoms with Gasteiger partial charge in [0.25, 0.3) is 0 Å². The van der Waals surface area contributed by atoms with E-state index in [-0.39, 0.29) is 18.2 Å². The Morgan fingerprint density at radius 1 is 1.03 bits per heavy atom. The zero-order chi connectivity index (χ0) is 25.2. The number of ether oxygens (including phenoxy) is 1. The number of aromatic nitrogens is 4. The van der Waals surface area contributed by atoms with Crippen molar-refractivity contribution < 1.29 is 14.3 Å². The molecule has 1 unspecified atom stereocenters. The van der Waals surface area contributed by atoms with E-state index in [1.807, 2.05) is 51.1 Å². The minimum Gasteiger partial charge on any atom is -0.439 e. The van der Waals surface area contributed by atoms with Crippen molar-refractivity contribution in [2.24, 2.45) is 5.92 Å². The van der Waals surface area contributed by atoms with Crippen molar-refractivity contribution in [2.45, 2.75) is 27.2 Å². The van der Waals surface area contributed by atoms with Crippen molar-refractivity contribution >= 4 is 23.2 Å². The molecule has 0 bridgehead atoms. The smallest absolute Gasteiger partial charge is 0.229 e. The minimum absolute atomic E-state index is 0.0510. The first-order chi connectivity index (χ1) is 17.4. The fourth-order valence-electron chi connectivity index (χ4n) is 4.16. The molecule has 9 heteroatoms. The first-order valence-corrected chi connectivity index (χ1v) is 11.7. The summed E-state index contributed by atoms with van der Waals surface area (Å²) in [6.45, 7) is 6.34. The van der Waals surface area contributed by atoms with Crippen LogP contribution in [-0.2, 0) is 9.59 Å². The highest BCUT2D eigenvalue weighted by Crippen LogP contribution is 2.27. The number of carbonyl (C=O) groups is 2. The van der Waals surface area contributed by atoms with Gasteiger partial charge in [0.15, 0.2) is 5.82 Å². The van der Waals surface area contributed by atoms with Crippen molar-refractivity contribution in [1.29, 1.82) is 0 Å². The highest BCUT2D eigenvalue weighted by Gasteiger charge is 2.35. The van der Waals surface area contributed by atoms with Gasteiger partial charge in [0.1, 0.15) is 12.1 Å². The molecule has 1 saturated heterocycles. The van der Waals surface area contributed by atoms with Crippen LogP contribution in [0.4, 0.5) is 11.4 Å². The molecule has 0 radical (unpaired) electrons. The molecule has 182 valence electrons. The Morgan fingerprint density at radius 3 is 2.47 bits per heavy atom. The van der Waals surface area contributed by atoms with Gasteiger partial charge in [-0.1, -0.05) is 18.2 Å². The average Bonchev–Trinajstić information content (AvgIpc) is 3.41. The Morgan fingerprint density at radius 2 is 1.78 bits per heavy atom. The molecule has 4 aromatic rings. The molecular formula is C27H26N6O3. The van der Waals surface area contributed by atoms with Gasteiger partial charge in [0.05, 0.1) is 11.6 Å². The van der Waals surface area contributed by atoms with Crippen molar-refractivity contribution in [3.63, 3.8) is 0 Å². The molecule has 9 nitrogen and oxygen atoms in total. The van der Waals surface area contributed by atoms with E-state index in [9.17, 15) is 9.59 Å². The molecule has 5 rings (SSSR count). The maximum absolute atomic E-state index is 12.8. The summed E-state index contributed by atoms with van der Waals surface area (Å²) in [4.78, 5) is 35.4. The Labute approximate surface area is 208 Å². The van der Waals surface area contributed by atoms with Crippen LogP contribution in [-0.4, -0.2) is 38.1 Å². The topological polar surface area (TPSA) is 102 Å². The van der Waals surface area contributed by atoms with E-state index in [2.05, 4.69) is 20.4 Å². The van der Waals surface area contributed by atoms with Crippen LogP contribution in [0.2, 0.25) is 0 Å². The quantitative estimate of drug-likeness (QED) is 0.438. The monoisotopic (exact) mass is 482 g/mol. The number of carbonyl (C=O) groups excluding carboxylic acids is 2. The van der Waals surface area contributed by atoms with Gasteiger partial charge in [-0.15, -0.1) is 0 Å². The number of rotatable bonds is 6. The standard InChI is InChI=1S/C27H26N6O3/c1-17-18(2)31-33(19(17)3)24-14-25(29-16-28-24)36-23-11-9-21(10-12-23)30-27(35)20-13-26(34)32(15-20)22-7-5-4-6-8-22/h4-12,14,16,20H,13,15H2,1-3H3,(H,30,35). The van der Waals surface area contributed by atoms with E-state index in [0.717, 1.165) is 22.6 Å². The molecular weight excluding hydrogens is 456 g/mol. The second-order valence-electron chi connectivity index (χ2n) is 8.78. The van der Waals surface area contributed by atoms with Gasteiger partial charge in [-0.25, -0.2) is 14.6 Å².